The summed E-state index contributed by atoms with van der Waals surface area (Å²) in [6, 6.07) is 6.52. The molecule has 1 aliphatic rings. The van der Waals surface area contributed by atoms with Gasteiger partial charge < -0.3 is 10.1 Å². The molecule has 0 bridgehead atoms. The van der Waals surface area contributed by atoms with Crippen LogP contribution in [0.15, 0.2) is 18.2 Å². The van der Waals surface area contributed by atoms with Crippen LogP contribution in [0.3, 0.4) is 0 Å². The maximum absolute atomic E-state index is 5.54. The van der Waals surface area contributed by atoms with E-state index in [1.54, 1.807) is 7.11 Å². The van der Waals surface area contributed by atoms with Gasteiger partial charge in [0.05, 0.1) is 7.11 Å². The van der Waals surface area contributed by atoms with Crippen molar-refractivity contribution in [1.82, 2.24) is 5.32 Å². The molecule has 0 spiro atoms. The number of methoxy groups -OCH3 is 1. The Bertz CT molecular complexity index is 441. The van der Waals surface area contributed by atoms with Crippen molar-refractivity contribution < 1.29 is 4.74 Å². The fourth-order valence-electron chi connectivity index (χ4n) is 2.89. The third kappa shape index (κ3) is 3.11. The van der Waals surface area contributed by atoms with Crippen LogP contribution < -0.4 is 10.1 Å². The van der Waals surface area contributed by atoms with Gasteiger partial charge in [0.2, 0.25) is 0 Å². The zero-order valence-electron chi connectivity index (χ0n) is 12.9. The first-order valence-electron chi connectivity index (χ1n) is 7.33. The molecule has 0 aromatic heterocycles. The standard InChI is InChI=1S/C17H27NO/c1-12(2)10-18-11-14-9-17(14,4)15-8-13(3)6-7-16(15)19-5/h6-8,12,14,18H,9-11H2,1-5H3. The fourth-order valence-corrected chi connectivity index (χ4v) is 2.89. The highest BCUT2D eigenvalue weighted by Crippen LogP contribution is 2.56. The third-order valence-corrected chi connectivity index (χ3v) is 4.32. The van der Waals surface area contributed by atoms with Gasteiger partial charge in [-0.3, -0.25) is 0 Å². The third-order valence-electron chi connectivity index (χ3n) is 4.32. The van der Waals surface area contributed by atoms with Crippen LogP contribution in [0, 0.1) is 18.8 Å². The van der Waals surface area contributed by atoms with E-state index in [0.29, 0.717) is 5.41 Å². The molecule has 19 heavy (non-hydrogen) atoms. The van der Waals surface area contributed by atoms with Crippen LogP contribution in [0.5, 0.6) is 5.75 Å². The van der Waals surface area contributed by atoms with Crippen molar-refractivity contribution >= 4 is 0 Å². The summed E-state index contributed by atoms with van der Waals surface area (Å²) in [6.07, 6.45) is 1.26. The van der Waals surface area contributed by atoms with E-state index in [1.807, 2.05) is 0 Å². The monoisotopic (exact) mass is 261 g/mol. The second-order valence-corrected chi connectivity index (χ2v) is 6.57. The number of rotatable bonds is 6. The van der Waals surface area contributed by atoms with Gasteiger partial charge in [-0.1, -0.05) is 38.5 Å². The van der Waals surface area contributed by atoms with E-state index < -0.39 is 0 Å². The molecule has 1 N–H and O–H groups in total. The zero-order chi connectivity index (χ0) is 14.0. The number of hydrogen-bond acceptors (Lipinski definition) is 2. The molecule has 1 fully saturated rings. The van der Waals surface area contributed by atoms with Crippen molar-refractivity contribution in [3.63, 3.8) is 0 Å². The highest BCUT2D eigenvalue weighted by atomic mass is 16.5. The number of nitrogens with one attached hydrogen (secondary N) is 1. The fraction of sp³-hybridized carbons (Fsp3) is 0.647. The number of aryl methyl sites for hydroxylation is 1. The van der Waals surface area contributed by atoms with E-state index in [1.165, 1.54) is 17.5 Å². The van der Waals surface area contributed by atoms with E-state index in [2.05, 4.69) is 51.2 Å². The zero-order valence-corrected chi connectivity index (χ0v) is 12.9. The molecular weight excluding hydrogens is 234 g/mol. The topological polar surface area (TPSA) is 21.3 Å². The summed E-state index contributed by atoms with van der Waals surface area (Å²) in [6.45, 7) is 11.3. The van der Waals surface area contributed by atoms with E-state index in [9.17, 15) is 0 Å². The Morgan fingerprint density at radius 2 is 2.16 bits per heavy atom. The number of hydrogen-bond donors (Lipinski definition) is 1. The van der Waals surface area contributed by atoms with Crippen LogP contribution in [0.2, 0.25) is 0 Å². The minimum atomic E-state index is 0.293. The molecule has 106 valence electrons. The Hall–Kier alpha value is -1.02. The van der Waals surface area contributed by atoms with E-state index >= 15 is 0 Å². The molecule has 1 saturated carbocycles. The van der Waals surface area contributed by atoms with Crippen molar-refractivity contribution in [3.05, 3.63) is 29.3 Å². The molecule has 1 aliphatic carbocycles. The quantitative estimate of drug-likeness (QED) is 0.846. The van der Waals surface area contributed by atoms with Gasteiger partial charge in [0.15, 0.2) is 0 Å². The lowest BCUT2D eigenvalue weighted by Crippen LogP contribution is -2.24. The van der Waals surface area contributed by atoms with E-state index in [4.69, 9.17) is 4.74 Å². The van der Waals surface area contributed by atoms with Gasteiger partial charge in [-0.25, -0.2) is 0 Å². The number of ether oxygens (including phenoxy) is 1. The average Bonchev–Trinajstić information content (AvgIpc) is 3.01. The normalized spacial score (nSPS) is 25.7. The second-order valence-electron chi connectivity index (χ2n) is 6.57. The molecule has 2 rings (SSSR count). The average molecular weight is 261 g/mol. The van der Waals surface area contributed by atoms with Crippen molar-refractivity contribution in [2.24, 2.45) is 11.8 Å². The molecule has 0 aliphatic heterocycles. The Kier molecular flexibility index (Phi) is 4.19. The predicted molar refractivity (Wildman–Crippen MR) is 80.9 cm³/mol. The summed E-state index contributed by atoms with van der Waals surface area (Å²) in [4.78, 5) is 0. The SMILES string of the molecule is COc1ccc(C)cc1C1(C)CC1CNCC(C)C. The van der Waals surface area contributed by atoms with Crippen LogP contribution in [0.4, 0.5) is 0 Å². The first-order valence-corrected chi connectivity index (χ1v) is 7.33. The lowest BCUT2D eigenvalue weighted by atomic mass is 9.93. The van der Waals surface area contributed by atoms with Gasteiger partial charge in [0.1, 0.15) is 5.75 Å². The smallest absolute Gasteiger partial charge is 0.122 e. The largest absolute Gasteiger partial charge is 0.496 e. The minimum Gasteiger partial charge on any atom is -0.496 e. The number of benzene rings is 1. The van der Waals surface area contributed by atoms with Crippen molar-refractivity contribution in [2.75, 3.05) is 20.2 Å². The van der Waals surface area contributed by atoms with Crippen molar-refractivity contribution in [2.45, 2.75) is 39.5 Å². The lowest BCUT2D eigenvalue weighted by Gasteiger charge is -2.17. The Balaban J connectivity index is 2.04. The Morgan fingerprint density at radius 3 is 2.79 bits per heavy atom. The molecule has 0 amide bonds. The highest BCUT2D eigenvalue weighted by molar-refractivity contribution is 5.46. The summed E-state index contributed by atoms with van der Waals surface area (Å²) in [7, 11) is 1.77. The van der Waals surface area contributed by atoms with Crippen LogP contribution in [0.25, 0.3) is 0 Å². The molecule has 2 nitrogen and oxygen atoms in total. The molecule has 2 atom stereocenters. The van der Waals surface area contributed by atoms with Crippen LogP contribution in [-0.2, 0) is 5.41 Å². The molecular formula is C17H27NO. The summed E-state index contributed by atoms with van der Waals surface area (Å²) < 4.78 is 5.54. The summed E-state index contributed by atoms with van der Waals surface area (Å²) >= 11 is 0. The van der Waals surface area contributed by atoms with Crippen LogP contribution in [0.1, 0.15) is 38.3 Å². The first-order chi connectivity index (χ1) is 8.97. The molecule has 1 aromatic carbocycles. The minimum absolute atomic E-state index is 0.293. The molecule has 2 heteroatoms. The van der Waals surface area contributed by atoms with Gasteiger partial charge in [-0.2, -0.15) is 0 Å². The second kappa shape index (κ2) is 5.54. The van der Waals surface area contributed by atoms with Crippen LogP contribution in [-0.4, -0.2) is 20.2 Å². The molecule has 2 unspecified atom stereocenters. The molecule has 0 saturated heterocycles. The Labute approximate surface area is 117 Å². The van der Waals surface area contributed by atoms with E-state index in [0.717, 1.165) is 30.7 Å². The Morgan fingerprint density at radius 1 is 1.42 bits per heavy atom. The van der Waals surface area contributed by atoms with Gasteiger partial charge in [-0.15, -0.1) is 0 Å². The maximum Gasteiger partial charge on any atom is 0.122 e. The van der Waals surface area contributed by atoms with Crippen molar-refractivity contribution in [3.8, 4) is 5.75 Å². The van der Waals surface area contributed by atoms with Gasteiger partial charge >= 0.3 is 0 Å². The van der Waals surface area contributed by atoms with Gasteiger partial charge in [0, 0.05) is 11.0 Å². The highest BCUT2D eigenvalue weighted by Gasteiger charge is 2.52. The summed E-state index contributed by atoms with van der Waals surface area (Å²) in [5, 5.41) is 3.58. The molecule has 1 aromatic rings. The lowest BCUT2D eigenvalue weighted by molar-refractivity contribution is 0.402. The first kappa shape index (κ1) is 14.4. The predicted octanol–water partition coefficient (Wildman–Crippen LogP) is 3.53. The molecule has 0 heterocycles. The van der Waals surface area contributed by atoms with Gasteiger partial charge in [0.25, 0.3) is 0 Å². The van der Waals surface area contributed by atoms with Crippen molar-refractivity contribution in [1.29, 1.82) is 0 Å². The summed E-state index contributed by atoms with van der Waals surface area (Å²) in [5.74, 6) is 2.50. The van der Waals surface area contributed by atoms with E-state index in [-0.39, 0.29) is 0 Å². The maximum atomic E-state index is 5.54. The summed E-state index contributed by atoms with van der Waals surface area (Å²) in [5.41, 5.74) is 2.99. The molecule has 0 radical (unpaired) electrons. The van der Waals surface area contributed by atoms with Crippen LogP contribution >= 0.6 is 0 Å². The van der Waals surface area contributed by atoms with Gasteiger partial charge in [-0.05, 0) is 44.3 Å².